The van der Waals surface area contributed by atoms with Gasteiger partial charge in [0.15, 0.2) is 0 Å². The van der Waals surface area contributed by atoms with Gasteiger partial charge in [-0.2, -0.15) is 0 Å². The van der Waals surface area contributed by atoms with E-state index in [4.69, 9.17) is 9.47 Å². The molecule has 6 heteroatoms. The summed E-state index contributed by atoms with van der Waals surface area (Å²) >= 11 is 0. The van der Waals surface area contributed by atoms with Crippen LogP contribution in [0.4, 0.5) is 0 Å². The van der Waals surface area contributed by atoms with Crippen LogP contribution in [0.15, 0.2) is 23.9 Å². The highest BCUT2D eigenvalue weighted by Crippen LogP contribution is 2.33. The molecule has 1 atom stereocenters. The zero-order valence-electron chi connectivity index (χ0n) is 11.9. The molecule has 1 amide bonds. The number of rotatable bonds is 5. The summed E-state index contributed by atoms with van der Waals surface area (Å²) in [5.74, 6) is -1.78. The molecule has 1 rings (SSSR count). The molecule has 0 aromatic carbocycles. The Morgan fingerprint density at radius 1 is 1.30 bits per heavy atom. The molecule has 0 spiro atoms. The fourth-order valence-corrected chi connectivity index (χ4v) is 1.80. The van der Waals surface area contributed by atoms with Crippen molar-refractivity contribution in [2.75, 3.05) is 13.2 Å². The van der Waals surface area contributed by atoms with E-state index in [9.17, 15) is 14.4 Å². The lowest BCUT2D eigenvalue weighted by Gasteiger charge is -2.31. The maximum absolute atomic E-state index is 12.0. The van der Waals surface area contributed by atoms with Gasteiger partial charge in [-0.25, -0.2) is 9.59 Å². The highest BCUT2D eigenvalue weighted by atomic mass is 16.5. The minimum atomic E-state index is -0.960. The van der Waals surface area contributed by atoms with Gasteiger partial charge in [0.25, 0.3) is 0 Å². The van der Waals surface area contributed by atoms with Gasteiger partial charge in [-0.15, -0.1) is 6.58 Å². The Balaban J connectivity index is 3.23. The van der Waals surface area contributed by atoms with Crippen molar-refractivity contribution >= 4 is 17.8 Å². The minimum absolute atomic E-state index is 0.0509. The number of nitrogens with one attached hydrogen (secondary N) is 1. The summed E-state index contributed by atoms with van der Waals surface area (Å²) in [5, 5.41) is 2.43. The molecule has 1 aliphatic heterocycles. The summed E-state index contributed by atoms with van der Waals surface area (Å²) in [7, 11) is 0. The molecule has 0 aromatic rings. The smallest absolute Gasteiger partial charge is 0.355 e. The molecule has 0 fully saturated rings. The van der Waals surface area contributed by atoms with Gasteiger partial charge in [0, 0.05) is 0 Å². The van der Waals surface area contributed by atoms with E-state index in [2.05, 4.69) is 11.9 Å². The molecule has 0 radical (unpaired) electrons. The third kappa shape index (κ3) is 3.07. The Morgan fingerprint density at radius 3 is 2.35 bits per heavy atom. The van der Waals surface area contributed by atoms with Gasteiger partial charge < -0.3 is 14.8 Å². The van der Waals surface area contributed by atoms with Crippen LogP contribution in [0.25, 0.3) is 0 Å². The topological polar surface area (TPSA) is 81.7 Å². The quantitative estimate of drug-likeness (QED) is 0.602. The van der Waals surface area contributed by atoms with Crippen molar-refractivity contribution in [3.05, 3.63) is 23.9 Å². The predicted octanol–water partition coefficient (Wildman–Crippen LogP) is 1.08. The molecular formula is C14H19NO5. The maximum Gasteiger partial charge on any atom is 0.355 e. The van der Waals surface area contributed by atoms with Crippen molar-refractivity contribution in [3.8, 4) is 0 Å². The van der Waals surface area contributed by atoms with Crippen molar-refractivity contribution in [3.63, 3.8) is 0 Å². The number of hydrogen-bond acceptors (Lipinski definition) is 5. The van der Waals surface area contributed by atoms with E-state index in [0.29, 0.717) is 0 Å². The number of carbonyl (C=O) groups excluding carboxylic acids is 3. The average Bonchev–Trinajstić information content (AvgIpc) is 2.41. The van der Waals surface area contributed by atoms with Crippen LogP contribution in [0.1, 0.15) is 27.2 Å². The molecule has 0 saturated carbocycles. The average molecular weight is 281 g/mol. The maximum atomic E-state index is 12.0. The second kappa shape index (κ2) is 6.36. The van der Waals surface area contributed by atoms with Crippen molar-refractivity contribution in [2.45, 2.75) is 27.2 Å². The summed E-state index contributed by atoms with van der Waals surface area (Å²) in [6.45, 7) is 8.86. The monoisotopic (exact) mass is 281 g/mol. The number of amides is 1. The first-order valence-electron chi connectivity index (χ1n) is 6.42. The molecule has 20 heavy (non-hydrogen) atoms. The number of carbonyl (C=O) groups is 3. The normalized spacial score (nSPS) is 22.1. The fraction of sp³-hybridized carbons (Fsp3) is 0.500. The van der Waals surface area contributed by atoms with Crippen LogP contribution in [0.3, 0.4) is 0 Å². The Morgan fingerprint density at radius 2 is 1.85 bits per heavy atom. The zero-order chi connectivity index (χ0) is 15.3. The van der Waals surface area contributed by atoms with E-state index in [-0.39, 0.29) is 30.9 Å². The van der Waals surface area contributed by atoms with E-state index >= 15 is 0 Å². The molecule has 0 aromatic heterocycles. The van der Waals surface area contributed by atoms with Gasteiger partial charge in [0.2, 0.25) is 5.91 Å². The Bertz CT molecular complexity index is 480. The van der Waals surface area contributed by atoms with Gasteiger partial charge in [-0.05, 0) is 27.2 Å². The third-order valence-corrected chi connectivity index (χ3v) is 3.05. The van der Waals surface area contributed by atoms with Gasteiger partial charge in [0.1, 0.15) is 5.70 Å². The van der Waals surface area contributed by atoms with Crippen LogP contribution < -0.4 is 5.32 Å². The lowest BCUT2D eigenvalue weighted by Crippen LogP contribution is -2.45. The molecular weight excluding hydrogens is 262 g/mol. The largest absolute Gasteiger partial charge is 0.463 e. The number of ether oxygens (including phenoxy) is 2. The molecule has 6 nitrogen and oxygen atoms in total. The number of esters is 2. The van der Waals surface area contributed by atoms with E-state index in [1.165, 1.54) is 6.08 Å². The Labute approximate surface area is 117 Å². The van der Waals surface area contributed by atoms with E-state index < -0.39 is 23.3 Å². The SMILES string of the molecule is C=CC1(C)CC(C(=O)OCC)=C(C(=O)OCC)NC1=O. The summed E-state index contributed by atoms with van der Waals surface area (Å²) in [5.41, 5.74) is -1.00. The Hall–Kier alpha value is -2.11. The van der Waals surface area contributed by atoms with Gasteiger partial charge >= 0.3 is 11.9 Å². The lowest BCUT2D eigenvalue weighted by atomic mass is 9.79. The van der Waals surface area contributed by atoms with Crippen molar-refractivity contribution < 1.29 is 23.9 Å². The van der Waals surface area contributed by atoms with Crippen molar-refractivity contribution in [1.82, 2.24) is 5.32 Å². The first kappa shape index (κ1) is 15.9. The second-order valence-electron chi connectivity index (χ2n) is 4.55. The van der Waals surface area contributed by atoms with Gasteiger partial charge in [-0.3, -0.25) is 4.79 Å². The summed E-state index contributed by atoms with van der Waals surface area (Å²) in [6.07, 6.45) is 1.50. The standard InChI is InChI=1S/C14H19NO5/c1-5-14(4)8-9(11(16)19-6-2)10(15-13(14)18)12(17)20-7-3/h5H,1,6-8H2,2-4H3,(H,15,18). The van der Waals surface area contributed by atoms with Crippen LogP contribution in [0, 0.1) is 5.41 Å². The molecule has 0 aliphatic carbocycles. The Kier molecular flexibility index (Phi) is 5.07. The summed E-state index contributed by atoms with van der Waals surface area (Å²) in [6, 6.07) is 0. The molecule has 1 aliphatic rings. The molecule has 0 bridgehead atoms. The van der Waals surface area contributed by atoms with Crippen LogP contribution in [0.2, 0.25) is 0 Å². The summed E-state index contributed by atoms with van der Waals surface area (Å²) < 4.78 is 9.77. The fourth-order valence-electron chi connectivity index (χ4n) is 1.80. The first-order chi connectivity index (χ1) is 9.39. The van der Waals surface area contributed by atoms with Gasteiger partial charge in [-0.1, -0.05) is 6.08 Å². The predicted molar refractivity (Wildman–Crippen MR) is 71.4 cm³/mol. The van der Waals surface area contributed by atoms with Crippen molar-refractivity contribution in [2.24, 2.45) is 5.41 Å². The first-order valence-corrected chi connectivity index (χ1v) is 6.42. The molecule has 1 heterocycles. The molecule has 1 N–H and O–H groups in total. The summed E-state index contributed by atoms with van der Waals surface area (Å²) in [4.78, 5) is 35.8. The minimum Gasteiger partial charge on any atom is -0.463 e. The highest BCUT2D eigenvalue weighted by Gasteiger charge is 2.41. The molecule has 1 unspecified atom stereocenters. The molecule has 110 valence electrons. The van der Waals surface area contributed by atoms with Crippen LogP contribution in [0.5, 0.6) is 0 Å². The van der Waals surface area contributed by atoms with Crippen molar-refractivity contribution in [1.29, 1.82) is 0 Å². The lowest BCUT2D eigenvalue weighted by molar-refractivity contribution is -0.144. The van der Waals surface area contributed by atoms with E-state index in [0.717, 1.165) is 0 Å². The third-order valence-electron chi connectivity index (χ3n) is 3.05. The molecule has 0 saturated heterocycles. The van der Waals surface area contributed by atoms with E-state index in [1.54, 1.807) is 20.8 Å². The number of hydrogen-bond donors (Lipinski definition) is 1. The van der Waals surface area contributed by atoms with E-state index in [1.807, 2.05) is 0 Å². The van der Waals surface area contributed by atoms with Crippen LogP contribution in [-0.2, 0) is 23.9 Å². The highest BCUT2D eigenvalue weighted by molar-refractivity contribution is 6.06. The zero-order valence-corrected chi connectivity index (χ0v) is 11.9. The second-order valence-corrected chi connectivity index (χ2v) is 4.55. The van der Waals surface area contributed by atoms with Crippen LogP contribution >= 0.6 is 0 Å². The van der Waals surface area contributed by atoms with Gasteiger partial charge in [0.05, 0.1) is 24.2 Å². The van der Waals surface area contributed by atoms with Crippen LogP contribution in [-0.4, -0.2) is 31.1 Å².